The molecule has 12 heteroatoms. The van der Waals surface area contributed by atoms with E-state index in [1.54, 1.807) is 4.57 Å². The Bertz CT molecular complexity index is 1350. The van der Waals surface area contributed by atoms with Crippen LogP contribution >= 0.6 is 12.4 Å². The third kappa shape index (κ3) is 5.34. The van der Waals surface area contributed by atoms with Crippen molar-refractivity contribution >= 4 is 41.0 Å². The van der Waals surface area contributed by atoms with E-state index in [-0.39, 0.29) is 29.8 Å². The number of esters is 2. The smallest absolute Gasteiger partial charge is 0.328 e. The fraction of sp³-hybridized carbons (Fsp3) is 0.571. The Morgan fingerprint density at radius 1 is 0.950 bits per heavy atom. The van der Waals surface area contributed by atoms with Gasteiger partial charge in [0, 0.05) is 49.9 Å². The Kier molecular flexibility index (Phi) is 9.16. The van der Waals surface area contributed by atoms with Gasteiger partial charge < -0.3 is 18.8 Å². The molecule has 1 aromatic carbocycles. The molecule has 0 bridgehead atoms. The second-order valence-corrected chi connectivity index (χ2v) is 10.5. The van der Waals surface area contributed by atoms with Gasteiger partial charge >= 0.3 is 11.9 Å². The van der Waals surface area contributed by atoms with E-state index < -0.39 is 40.4 Å². The van der Waals surface area contributed by atoms with Gasteiger partial charge in [0.25, 0.3) is 0 Å². The molecule has 3 aliphatic rings. The minimum absolute atomic E-state index is 0. The maximum Gasteiger partial charge on any atom is 0.328 e. The molecule has 1 atom stereocenters. The standard InChI is InChI=1S/C28H34FN3O7.ClH/c1-37-26-21(16-7-6-12-31(14-16)30-10-4-5-11-30)20(29)13-18-23(26)32(17-8-9-17)15-19(24(18)33)25(34)22(27(35)38-2)28(36)39-3;/h13,15-17,22H,4-12,14H2,1-3H3;1H. The first-order chi connectivity index (χ1) is 18.8. The zero-order chi connectivity index (χ0) is 27.8. The summed E-state index contributed by atoms with van der Waals surface area (Å²) in [6, 6.07) is 1.14. The van der Waals surface area contributed by atoms with Crippen molar-refractivity contribution in [2.75, 3.05) is 47.5 Å². The molecule has 1 saturated carbocycles. The van der Waals surface area contributed by atoms with E-state index in [0.29, 0.717) is 23.4 Å². The molecule has 218 valence electrons. The number of aromatic nitrogens is 1. The highest BCUT2D eigenvalue weighted by molar-refractivity contribution is 6.21. The van der Waals surface area contributed by atoms with Crippen LogP contribution in [-0.2, 0) is 19.1 Å². The summed E-state index contributed by atoms with van der Waals surface area (Å²) >= 11 is 0. The van der Waals surface area contributed by atoms with E-state index in [2.05, 4.69) is 19.5 Å². The fourth-order valence-corrected chi connectivity index (χ4v) is 6.01. The van der Waals surface area contributed by atoms with Gasteiger partial charge in [-0.1, -0.05) is 0 Å². The van der Waals surface area contributed by atoms with Gasteiger partial charge in [0.15, 0.2) is 11.2 Å². The predicted molar refractivity (Wildman–Crippen MR) is 146 cm³/mol. The Morgan fingerprint density at radius 2 is 1.57 bits per heavy atom. The normalized spacial score (nSPS) is 19.9. The van der Waals surface area contributed by atoms with E-state index in [1.807, 2.05) is 0 Å². The lowest BCUT2D eigenvalue weighted by molar-refractivity contribution is -0.155. The van der Waals surface area contributed by atoms with Crippen molar-refractivity contribution in [1.29, 1.82) is 0 Å². The number of hydrogen-bond acceptors (Lipinski definition) is 9. The fourth-order valence-electron chi connectivity index (χ4n) is 6.01. The average Bonchev–Trinajstić information content (AvgIpc) is 3.64. The first-order valence-corrected chi connectivity index (χ1v) is 13.5. The summed E-state index contributed by atoms with van der Waals surface area (Å²) in [5.41, 5.74) is -0.328. The first kappa shape index (κ1) is 30.0. The van der Waals surface area contributed by atoms with Crippen molar-refractivity contribution in [2.24, 2.45) is 5.92 Å². The molecule has 0 radical (unpaired) electrons. The maximum atomic E-state index is 15.9. The Hall–Kier alpha value is -3.02. The van der Waals surface area contributed by atoms with Crippen LogP contribution in [0.2, 0.25) is 0 Å². The molecule has 3 heterocycles. The number of methoxy groups -OCH3 is 3. The topological polar surface area (TPSA) is 107 Å². The molecule has 10 nitrogen and oxygen atoms in total. The van der Waals surface area contributed by atoms with Crippen LogP contribution < -0.4 is 10.2 Å². The van der Waals surface area contributed by atoms with Gasteiger partial charge in [-0.3, -0.25) is 19.2 Å². The molecule has 1 aliphatic carbocycles. The van der Waals surface area contributed by atoms with Gasteiger partial charge in [-0.05, 0) is 44.6 Å². The van der Waals surface area contributed by atoms with Crippen molar-refractivity contribution in [3.05, 3.63) is 39.4 Å². The summed E-state index contributed by atoms with van der Waals surface area (Å²) in [4.78, 5) is 51.6. The summed E-state index contributed by atoms with van der Waals surface area (Å²) < 4.78 is 32.8. The number of pyridine rings is 1. The van der Waals surface area contributed by atoms with Crippen LogP contribution in [0, 0.1) is 11.7 Å². The molecule has 2 aliphatic heterocycles. The summed E-state index contributed by atoms with van der Waals surface area (Å²) in [5.74, 6) is -5.69. The number of carbonyl (C=O) groups excluding carboxylic acids is 3. The van der Waals surface area contributed by atoms with E-state index in [0.717, 1.165) is 72.4 Å². The van der Waals surface area contributed by atoms with Crippen LogP contribution in [0.4, 0.5) is 4.39 Å². The highest BCUT2D eigenvalue weighted by atomic mass is 35.5. The summed E-state index contributed by atoms with van der Waals surface area (Å²) in [6.45, 7) is 3.58. The number of benzene rings is 1. The largest absolute Gasteiger partial charge is 0.494 e. The van der Waals surface area contributed by atoms with E-state index in [1.165, 1.54) is 19.4 Å². The summed E-state index contributed by atoms with van der Waals surface area (Å²) in [7, 11) is 3.53. The molecule has 0 spiro atoms. The molecule has 0 amide bonds. The van der Waals surface area contributed by atoms with E-state index in [9.17, 15) is 19.2 Å². The molecule has 0 N–H and O–H groups in total. The SMILES string of the molecule is COC(=O)C(C(=O)OC)C(=O)c1cn(C2CC2)c2c(OC)c(C3CCCN(N4CCCC4)C3)c(F)cc2c1=O.Cl. The Balaban J connectivity index is 0.00000370. The minimum Gasteiger partial charge on any atom is -0.494 e. The third-order valence-corrected chi connectivity index (χ3v) is 8.10. The molecule has 2 saturated heterocycles. The van der Waals surface area contributed by atoms with Gasteiger partial charge in [0.2, 0.25) is 5.92 Å². The van der Waals surface area contributed by atoms with E-state index in [4.69, 9.17) is 4.74 Å². The maximum absolute atomic E-state index is 15.9. The first-order valence-electron chi connectivity index (χ1n) is 13.5. The Labute approximate surface area is 237 Å². The second kappa shape index (κ2) is 12.2. The zero-order valence-electron chi connectivity index (χ0n) is 22.9. The van der Waals surface area contributed by atoms with Gasteiger partial charge in [-0.25, -0.2) is 14.4 Å². The van der Waals surface area contributed by atoms with Gasteiger partial charge in [0.05, 0.1) is 37.8 Å². The molecule has 1 unspecified atom stereocenters. The van der Waals surface area contributed by atoms with E-state index >= 15 is 4.39 Å². The lowest BCUT2D eigenvalue weighted by atomic mass is 9.88. The molecule has 3 fully saturated rings. The number of halogens is 2. The van der Waals surface area contributed by atoms with Crippen molar-refractivity contribution in [3.8, 4) is 5.75 Å². The number of rotatable bonds is 8. The van der Waals surface area contributed by atoms with Crippen molar-refractivity contribution < 1.29 is 33.0 Å². The predicted octanol–water partition coefficient (Wildman–Crippen LogP) is 3.24. The number of ketones is 1. The van der Waals surface area contributed by atoms with Crippen LogP contribution in [0.5, 0.6) is 5.75 Å². The van der Waals surface area contributed by atoms with Crippen molar-refractivity contribution in [2.45, 2.75) is 50.5 Å². The third-order valence-electron chi connectivity index (χ3n) is 8.10. The van der Waals surface area contributed by atoms with Crippen LogP contribution in [0.25, 0.3) is 10.9 Å². The number of piperidine rings is 1. The average molecular weight is 580 g/mol. The number of fused-ring (bicyclic) bond motifs is 1. The lowest BCUT2D eigenvalue weighted by Gasteiger charge is -2.39. The molecule has 5 rings (SSSR count). The van der Waals surface area contributed by atoms with Gasteiger partial charge in [0.1, 0.15) is 11.6 Å². The van der Waals surface area contributed by atoms with Crippen molar-refractivity contribution in [3.63, 3.8) is 0 Å². The Morgan fingerprint density at radius 3 is 2.15 bits per heavy atom. The van der Waals surface area contributed by atoms with Gasteiger partial charge in [-0.15, -0.1) is 12.4 Å². The zero-order valence-corrected chi connectivity index (χ0v) is 23.8. The second-order valence-electron chi connectivity index (χ2n) is 10.5. The number of nitrogens with zero attached hydrogens (tertiary/aromatic N) is 3. The molecule has 2 aromatic rings. The summed E-state index contributed by atoms with van der Waals surface area (Å²) in [5, 5.41) is 4.61. The monoisotopic (exact) mass is 579 g/mol. The minimum atomic E-state index is -1.96. The number of ether oxygens (including phenoxy) is 3. The summed E-state index contributed by atoms with van der Waals surface area (Å²) in [6.07, 6.45) is 6.95. The number of hydrazine groups is 1. The molecular formula is C28H35ClFN3O7. The van der Waals surface area contributed by atoms with Gasteiger partial charge in [-0.2, -0.15) is 0 Å². The quantitative estimate of drug-likeness (QED) is 0.265. The van der Waals surface area contributed by atoms with Crippen LogP contribution in [0.1, 0.15) is 66.4 Å². The number of hydrogen-bond donors (Lipinski definition) is 0. The molecular weight excluding hydrogens is 545 g/mol. The van der Waals surface area contributed by atoms with Crippen LogP contribution in [0.3, 0.4) is 0 Å². The molecule has 1 aromatic heterocycles. The highest BCUT2D eigenvalue weighted by Crippen LogP contribution is 2.44. The number of carbonyl (C=O) groups is 3. The number of Topliss-reactive ketones (excluding diaryl/α,β-unsaturated/α-hetero) is 1. The van der Waals surface area contributed by atoms with Crippen molar-refractivity contribution in [1.82, 2.24) is 14.6 Å². The molecule has 40 heavy (non-hydrogen) atoms. The van der Waals surface area contributed by atoms with Crippen LogP contribution in [0.15, 0.2) is 17.1 Å². The lowest BCUT2D eigenvalue weighted by Crippen LogP contribution is -2.46. The van der Waals surface area contributed by atoms with Crippen LogP contribution in [-0.4, -0.2) is 79.8 Å². The highest BCUT2D eigenvalue weighted by Gasteiger charge is 2.40.